The number of hydrogen-bond acceptors (Lipinski definition) is 3. The molecular formula is C12H14O4S. The Bertz CT molecular complexity index is 399. The zero-order chi connectivity index (χ0) is 12.8. The number of hydrogen-bond donors (Lipinski definition) is 2. The number of benzene rings is 1. The maximum Gasteiger partial charge on any atom is 0.335 e. The summed E-state index contributed by atoms with van der Waals surface area (Å²) < 4.78 is 0. The van der Waals surface area contributed by atoms with Gasteiger partial charge in [0.15, 0.2) is 0 Å². The summed E-state index contributed by atoms with van der Waals surface area (Å²) in [5, 5.41) is 17.2. The van der Waals surface area contributed by atoms with Crippen LogP contribution in [0.1, 0.15) is 29.3 Å². The molecule has 17 heavy (non-hydrogen) atoms. The molecule has 5 heteroatoms. The van der Waals surface area contributed by atoms with E-state index in [1.165, 1.54) is 23.9 Å². The van der Waals surface area contributed by atoms with Gasteiger partial charge in [-0.05, 0) is 24.1 Å². The van der Waals surface area contributed by atoms with Crippen molar-refractivity contribution in [1.82, 2.24) is 0 Å². The van der Waals surface area contributed by atoms with E-state index in [4.69, 9.17) is 10.2 Å². The van der Waals surface area contributed by atoms with Crippen molar-refractivity contribution in [3.8, 4) is 0 Å². The van der Waals surface area contributed by atoms with E-state index in [0.29, 0.717) is 12.2 Å². The highest BCUT2D eigenvalue weighted by molar-refractivity contribution is 7.99. The molecule has 0 amide bonds. The second kappa shape index (κ2) is 6.30. The molecule has 1 unspecified atom stereocenters. The zero-order valence-corrected chi connectivity index (χ0v) is 10.2. The number of carboxylic acid groups (broad SMARTS) is 2. The van der Waals surface area contributed by atoms with Gasteiger partial charge in [-0.1, -0.05) is 19.1 Å². The van der Waals surface area contributed by atoms with Gasteiger partial charge in [0.25, 0.3) is 0 Å². The molecule has 0 aromatic heterocycles. The molecule has 0 heterocycles. The van der Waals surface area contributed by atoms with Gasteiger partial charge in [-0.25, -0.2) is 4.79 Å². The van der Waals surface area contributed by atoms with Gasteiger partial charge in [0, 0.05) is 5.75 Å². The molecule has 0 radical (unpaired) electrons. The molecule has 2 N–H and O–H groups in total. The van der Waals surface area contributed by atoms with Crippen molar-refractivity contribution in [1.29, 1.82) is 0 Å². The van der Waals surface area contributed by atoms with Crippen LogP contribution in [0.25, 0.3) is 0 Å². The van der Waals surface area contributed by atoms with Gasteiger partial charge < -0.3 is 10.2 Å². The fourth-order valence-corrected chi connectivity index (χ4v) is 2.27. The molecule has 0 bridgehead atoms. The lowest BCUT2D eigenvalue weighted by Gasteiger charge is -2.09. The number of rotatable bonds is 6. The minimum absolute atomic E-state index is 0.240. The largest absolute Gasteiger partial charge is 0.480 e. The molecule has 1 aromatic carbocycles. The summed E-state index contributed by atoms with van der Waals surface area (Å²) in [5.41, 5.74) is 1.17. The molecule has 0 saturated carbocycles. The maximum atomic E-state index is 10.8. The Morgan fingerprint density at radius 2 is 1.82 bits per heavy atom. The van der Waals surface area contributed by atoms with E-state index in [0.717, 1.165) is 5.56 Å². The second-order valence-electron chi connectivity index (χ2n) is 3.55. The van der Waals surface area contributed by atoms with Crippen LogP contribution in [0.15, 0.2) is 24.3 Å². The van der Waals surface area contributed by atoms with Gasteiger partial charge in [0.1, 0.15) is 5.25 Å². The first-order valence-corrected chi connectivity index (χ1v) is 6.26. The van der Waals surface area contributed by atoms with E-state index in [1.807, 2.05) is 6.92 Å². The van der Waals surface area contributed by atoms with Crippen molar-refractivity contribution in [3.05, 3.63) is 35.4 Å². The molecule has 92 valence electrons. The van der Waals surface area contributed by atoms with Crippen LogP contribution in [-0.4, -0.2) is 27.4 Å². The summed E-state index contributed by atoms with van der Waals surface area (Å²) in [6.45, 7) is 1.83. The van der Waals surface area contributed by atoms with Gasteiger partial charge in [-0.15, -0.1) is 11.8 Å². The van der Waals surface area contributed by atoms with Crippen LogP contribution in [0.3, 0.4) is 0 Å². The predicted octanol–water partition coefficient (Wildman–Crippen LogP) is 2.48. The quantitative estimate of drug-likeness (QED) is 0.815. The Balaban J connectivity index is 2.58. The van der Waals surface area contributed by atoms with Crippen LogP contribution in [0.2, 0.25) is 0 Å². The molecule has 0 spiro atoms. The van der Waals surface area contributed by atoms with Crippen LogP contribution >= 0.6 is 11.8 Å². The highest BCUT2D eigenvalue weighted by Gasteiger charge is 2.15. The Morgan fingerprint density at radius 3 is 2.24 bits per heavy atom. The third kappa shape index (κ3) is 4.11. The van der Waals surface area contributed by atoms with Crippen LogP contribution in [0.4, 0.5) is 0 Å². The molecule has 1 aromatic rings. The SMILES string of the molecule is CCC(SCc1ccc(C(=O)O)cc1)C(=O)O. The maximum absolute atomic E-state index is 10.8. The summed E-state index contributed by atoms with van der Waals surface area (Å²) in [5.74, 6) is -1.19. The highest BCUT2D eigenvalue weighted by atomic mass is 32.2. The van der Waals surface area contributed by atoms with Gasteiger partial charge in [0.05, 0.1) is 5.56 Å². The number of aromatic carboxylic acids is 1. The van der Waals surface area contributed by atoms with Gasteiger partial charge in [0.2, 0.25) is 0 Å². The topological polar surface area (TPSA) is 74.6 Å². The van der Waals surface area contributed by atoms with E-state index in [9.17, 15) is 9.59 Å². The number of carboxylic acids is 2. The number of aliphatic carboxylic acids is 1. The molecule has 0 aliphatic carbocycles. The third-order valence-corrected chi connectivity index (χ3v) is 3.74. The fraction of sp³-hybridized carbons (Fsp3) is 0.333. The minimum Gasteiger partial charge on any atom is -0.480 e. The first-order chi connectivity index (χ1) is 8.04. The van der Waals surface area contributed by atoms with Gasteiger partial charge >= 0.3 is 11.9 Å². The molecule has 0 aliphatic heterocycles. The van der Waals surface area contributed by atoms with Gasteiger partial charge in [-0.3, -0.25) is 4.79 Å². The van der Waals surface area contributed by atoms with E-state index >= 15 is 0 Å². The summed E-state index contributed by atoms with van der Waals surface area (Å²) in [6, 6.07) is 6.48. The van der Waals surface area contributed by atoms with Crippen LogP contribution in [0, 0.1) is 0 Å². The van der Waals surface area contributed by atoms with E-state index in [2.05, 4.69) is 0 Å². The molecular weight excluding hydrogens is 240 g/mol. The summed E-state index contributed by atoms with van der Waals surface area (Å²) >= 11 is 1.35. The number of carbonyl (C=O) groups is 2. The first-order valence-electron chi connectivity index (χ1n) is 5.21. The van der Waals surface area contributed by atoms with Crippen molar-refractivity contribution in [2.45, 2.75) is 24.3 Å². The molecule has 0 aliphatic rings. The first kappa shape index (κ1) is 13.6. The monoisotopic (exact) mass is 254 g/mol. The van der Waals surface area contributed by atoms with Crippen molar-refractivity contribution in [3.63, 3.8) is 0 Å². The lowest BCUT2D eigenvalue weighted by molar-refractivity contribution is -0.136. The lowest BCUT2D eigenvalue weighted by atomic mass is 10.1. The highest BCUT2D eigenvalue weighted by Crippen LogP contribution is 2.20. The van der Waals surface area contributed by atoms with E-state index < -0.39 is 17.2 Å². The van der Waals surface area contributed by atoms with Crippen molar-refractivity contribution >= 4 is 23.7 Å². The second-order valence-corrected chi connectivity index (χ2v) is 4.74. The molecule has 0 saturated heterocycles. The Kier molecular flexibility index (Phi) is 5.03. The smallest absolute Gasteiger partial charge is 0.335 e. The van der Waals surface area contributed by atoms with Crippen LogP contribution < -0.4 is 0 Å². The Labute approximate surface area is 104 Å². The number of thioether (sulfide) groups is 1. The van der Waals surface area contributed by atoms with Crippen LogP contribution in [-0.2, 0) is 10.5 Å². The van der Waals surface area contributed by atoms with E-state index in [-0.39, 0.29) is 5.56 Å². The lowest BCUT2D eigenvalue weighted by Crippen LogP contribution is -2.15. The van der Waals surface area contributed by atoms with Crippen molar-refractivity contribution < 1.29 is 19.8 Å². The third-order valence-electron chi connectivity index (χ3n) is 2.30. The predicted molar refractivity (Wildman–Crippen MR) is 66.4 cm³/mol. The Hall–Kier alpha value is -1.49. The van der Waals surface area contributed by atoms with Crippen molar-refractivity contribution in [2.24, 2.45) is 0 Å². The minimum atomic E-state index is -0.957. The van der Waals surface area contributed by atoms with Gasteiger partial charge in [-0.2, -0.15) is 0 Å². The molecule has 1 rings (SSSR count). The molecule has 4 nitrogen and oxygen atoms in total. The van der Waals surface area contributed by atoms with E-state index in [1.54, 1.807) is 12.1 Å². The summed E-state index contributed by atoms with van der Waals surface area (Å²) in [6.07, 6.45) is 0.577. The summed E-state index contributed by atoms with van der Waals surface area (Å²) in [7, 11) is 0. The average Bonchev–Trinajstić information content (AvgIpc) is 2.30. The standard InChI is InChI=1S/C12H14O4S/c1-2-10(12(15)16)17-7-8-3-5-9(6-4-8)11(13)14/h3-6,10H,2,7H2,1H3,(H,13,14)(H,15,16). The zero-order valence-electron chi connectivity index (χ0n) is 9.42. The van der Waals surface area contributed by atoms with Crippen molar-refractivity contribution in [2.75, 3.05) is 0 Å². The Morgan fingerprint density at radius 1 is 1.24 bits per heavy atom. The van der Waals surface area contributed by atoms with Crippen LogP contribution in [0.5, 0.6) is 0 Å². The molecule has 1 atom stereocenters. The normalized spacial score (nSPS) is 12.1. The molecule has 0 fully saturated rings. The average molecular weight is 254 g/mol. The summed E-state index contributed by atoms with van der Waals surface area (Å²) in [4.78, 5) is 21.4. The fourth-order valence-electron chi connectivity index (χ4n) is 1.30.